The molecule has 1 saturated carbocycles. The lowest BCUT2D eigenvalue weighted by atomic mass is 9.71. The molecule has 1 heteroatoms. The molecule has 2 aliphatic heterocycles. The van der Waals surface area contributed by atoms with Crippen molar-refractivity contribution in [3.8, 4) is 0 Å². The van der Waals surface area contributed by atoms with Crippen LogP contribution in [0.25, 0.3) is 0 Å². The van der Waals surface area contributed by atoms with Gasteiger partial charge in [0.05, 0.1) is 12.2 Å². The van der Waals surface area contributed by atoms with Gasteiger partial charge in [-0.1, -0.05) is 27.4 Å². The van der Waals surface area contributed by atoms with Gasteiger partial charge in [0.25, 0.3) is 0 Å². The van der Waals surface area contributed by atoms with Gasteiger partial charge in [0.15, 0.2) is 0 Å². The van der Waals surface area contributed by atoms with E-state index < -0.39 is 0 Å². The third kappa shape index (κ3) is 1.21. The number of rotatable bonds is 1. The van der Waals surface area contributed by atoms with E-state index in [9.17, 15) is 0 Å². The molecule has 0 radical (unpaired) electrons. The molecule has 0 aromatic rings. The van der Waals surface area contributed by atoms with Crippen molar-refractivity contribution in [1.29, 1.82) is 0 Å². The van der Waals surface area contributed by atoms with Crippen LogP contribution in [-0.2, 0) is 4.74 Å². The second kappa shape index (κ2) is 3.35. The van der Waals surface area contributed by atoms with Gasteiger partial charge in [-0.2, -0.15) is 0 Å². The Kier molecular flexibility index (Phi) is 2.27. The summed E-state index contributed by atoms with van der Waals surface area (Å²) >= 11 is 0. The van der Waals surface area contributed by atoms with E-state index in [4.69, 9.17) is 4.74 Å². The molecule has 16 heavy (non-hydrogen) atoms. The Labute approximate surface area is 99.3 Å². The molecule has 1 nitrogen and oxygen atoms in total. The van der Waals surface area contributed by atoms with E-state index in [1.165, 1.54) is 31.3 Å². The Morgan fingerprint density at radius 2 is 2.12 bits per heavy atom. The zero-order valence-electron chi connectivity index (χ0n) is 10.8. The van der Waals surface area contributed by atoms with Crippen LogP contribution in [-0.4, -0.2) is 12.2 Å². The predicted molar refractivity (Wildman–Crippen MR) is 66.2 cm³/mol. The Morgan fingerprint density at radius 1 is 1.38 bits per heavy atom. The third-order valence-electron chi connectivity index (χ3n) is 5.60. The van der Waals surface area contributed by atoms with Crippen molar-refractivity contribution in [2.75, 3.05) is 0 Å². The molecule has 1 aliphatic carbocycles. The Bertz CT molecular complexity index is 319. The van der Waals surface area contributed by atoms with E-state index in [1.807, 2.05) is 0 Å². The van der Waals surface area contributed by atoms with E-state index in [0.717, 1.165) is 17.8 Å². The molecular formula is C15H24O. The van der Waals surface area contributed by atoms with Gasteiger partial charge < -0.3 is 4.74 Å². The van der Waals surface area contributed by atoms with Crippen molar-refractivity contribution >= 4 is 0 Å². The molecule has 3 rings (SSSR count). The van der Waals surface area contributed by atoms with E-state index >= 15 is 0 Å². The molecule has 0 N–H and O–H groups in total. The van der Waals surface area contributed by atoms with Crippen LogP contribution in [0.3, 0.4) is 0 Å². The van der Waals surface area contributed by atoms with Crippen LogP contribution < -0.4 is 0 Å². The average Bonchev–Trinajstić information content (AvgIpc) is 2.67. The summed E-state index contributed by atoms with van der Waals surface area (Å²) in [5.41, 5.74) is 1.83. The molecule has 2 heterocycles. The van der Waals surface area contributed by atoms with Crippen molar-refractivity contribution in [1.82, 2.24) is 0 Å². The first-order valence-corrected chi connectivity index (χ1v) is 6.87. The van der Waals surface area contributed by atoms with Crippen molar-refractivity contribution < 1.29 is 4.74 Å². The molecule has 0 aromatic heterocycles. The maximum atomic E-state index is 6.26. The van der Waals surface area contributed by atoms with Crippen molar-refractivity contribution in [3.63, 3.8) is 0 Å². The van der Waals surface area contributed by atoms with Crippen molar-refractivity contribution in [2.24, 2.45) is 23.2 Å². The Morgan fingerprint density at radius 3 is 2.81 bits per heavy atom. The first-order chi connectivity index (χ1) is 7.54. The van der Waals surface area contributed by atoms with Crippen LogP contribution >= 0.6 is 0 Å². The van der Waals surface area contributed by atoms with Gasteiger partial charge in [0.1, 0.15) is 0 Å². The monoisotopic (exact) mass is 220 g/mol. The second-order valence-corrected chi connectivity index (χ2v) is 6.72. The van der Waals surface area contributed by atoms with Crippen molar-refractivity contribution in [3.05, 3.63) is 12.2 Å². The summed E-state index contributed by atoms with van der Waals surface area (Å²) in [5, 5.41) is 0. The lowest BCUT2D eigenvalue weighted by Gasteiger charge is -2.31. The summed E-state index contributed by atoms with van der Waals surface area (Å²) in [6.45, 7) is 11.5. The fraction of sp³-hybridized carbons (Fsp3) is 0.867. The van der Waals surface area contributed by atoms with Crippen LogP contribution in [0.2, 0.25) is 0 Å². The molecule has 0 amide bonds. The quantitative estimate of drug-likeness (QED) is 0.611. The van der Waals surface area contributed by atoms with Gasteiger partial charge in [-0.05, 0) is 54.4 Å². The standard InChI is InChI=1S/C15H24O/c1-9(2)11-7-8-15(4)12-6-5-10(3)14(16-12)13(11)15/h9,11-14H,3,5-8H2,1-2,4H3. The molecule has 0 spiro atoms. The smallest absolute Gasteiger partial charge is 0.0823 e. The summed E-state index contributed by atoms with van der Waals surface area (Å²) in [7, 11) is 0. The van der Waals surface area contributed by atoms with Gasteiger partial charge in [0, 0.05) is 0 Å². The molecule has 3 fully saturated rings. The highest BCUT2D eigenvalue weighted by atomic mass is 16.5. The van der Waals surface area contributed by atoms with E-state index in [1.54, 1.807) is 0 Å². The molecule has 5 unspecified atom stereocenters. The lowest BCUT2D eigenvalue weighted by molar-refractivity contribution is -0.00298. The van der Waals surface area contributed by atoms with Crippen LogP contribution in [0.1, 0.15) is 46.5 Å². The van der Waals surface area contributed by atoms with Crippen LogP contribution in [0.4, 0.5) is 0 Å². The minimum Gasteiger partial charge on any atom is -0.370 e. The van der Waals surface area contributed by atoms with E-state index in [-0.39, 0.29) is 0 Å². The summed E-state index contributed by atoms with van der Waals surface area (Å²) in [6.07, 6.45) is 6.10. The number of hydrogen-bond donors (Lipinski definition) is 0. The molecule has 5 atom stereocenters. The fourth-order valence-electron chi connectivity index (χ4n) is 4.63. The zero-order valence-corrected chi connectivity index (χ0v) is 10.8. The van der Waals surface area contributed by atoms with Crippen molar-refractivity contribution in [2.45, 2.75) is 58.7 Å². The summed E-state index contributed by atoms with van der Waals surface area (Å²) in [5.74, 6) is 2.41. The predicted octanol–water partition coefficient (Wildman–Crippen LogP) is 3.79. The van der Waals surface area contributed by atoms with Crippen LogP contribution in [0, 0.1) is 23.2 Å². The first-order valence-electron chi connectivity index (χ1n) is 6.87. The van der Waals surface area contributed by atoms with Crippen LogP contribution in [0.15, 0.2) is 12.2 Å². The highest BCUT2D eigenvalue weighted by Gasteiger charge is 2.61. The topological polar surface area (TPSA) is 9.23 Å². The zero-order chi connectivity index (χ0) is 11.5. The van der Waals surface area contributed by atoms with Gasteiger partial charge in [-0.3, -0.25) is 0 Å². The second-order valence-electron chi connectivity index (χ2n) is 6.72. The Hall–Kier alpha value is -0.300. The third-order valence-corrected chi connectivity index (χ3v) is 5.60. The summed E-state index contributed by atoms with van der Waals surface area (Å²) in [4.78, 5) is 0. The van der Waals surface area contributed by atoms with Gasteiger partial charge in [-0.15, -0.1) is 0 Å². The maximum absolute atomic E-state index is 6.26. The largest absolute Gasteiger partial charge is 0.370 e. The summed E-state index contributed by atoms with van der Waals surface area (Å²) < 4.78 is 6.26. The minimum absolute atomic E-state index is 0.388. The normalized spacial score (nSPS) is 51.1. The number of ether oxygens (including phenoxy) is 1. The molecule has 2 bridgehead atoms. The highest BCUT2D eigenvalue weighted by Crippen LogP contribution is 2.62. The van der Waals surface area contributed by atoms with Gasteiger partial charge in [0.2, 0.25) is 0 Å². The Balaban J connectivity index is 1.98. The van der Waals surface area contributed by atoms with Crippen LogP contribution in [0.5, 0.6) is 0 Å². The maximum Gasteiger partial charge on any atom is 0.0823 e. The lowest BCUT2D eigenvalue weighted by Crippen LogP contribution is -2.31. The summed E-state index contributed by atoms with van der Waals surface area (Å²) in [6, 6.07) is 0. The average molecular weight is 220 g/mol. The molecule has 0 aromatic carbocycles. The highest BCUT2D eigenvalue weighted by molar-refractivity contribution is 5.20. The minimum atomic E-state index is 0.388. The van der Waals surface area contributed by atoms with Gasteiger partial charge in [-0.25, -0.2) is 0 Å². The fourth-order valence-corrected chi connectivity index (χ4v) is 4.63. The van der Waals surface area contributed by atoms with E-state index in [2.05, 4.69) is 27.4 Å². The van der Waals surface area contributed by atoms with Gasteiger partial charge >= 0.3 is 0 Å². The van der Waals surface area contributed by atoms with E-state index in [0.29, 0.717) is 17.6 Å². The number of fused-ring (bicyclic) bond motifs is 5. The molecule has 2 saturated heterocycles. The SMILES string of the molecule is C=C1CCC2OC1C1C(C(C)C)CCC21C. The number of hydrogen-bond acceptors (Lipinski definition) is 1. The molecule has 90 valence electrons. The molecule has 3 aliphatic rings. The first kappa shape index (κ1) is 10.8. The molecular weight excluding hydrogens is 196 g/mol.